The summed E-state index contributed by atoms with van der Waals surface area (Å²) >= 11 is 5.82. The molecule has 0 heterocycles. The quantitative estimate of drug-likeness (QED) is 0.625. The summed E-state index contributed by atoms with van der Waals surface area (Å²) in [7, 11) is 0. The number of alkyl halides is 1. The fraction of sp³-hybridized carbons (Fsp3) is 1.00. The normalized spacial score (nSPS) is 32.4. The van der Waals surface area contributed by atoms with E-state index in [0.717, 1.165) is 25.3 Å². The van der Waals surface area contributed by atoms with Crippen LogP contribution in [0.4, 0.5) is 0 Å². The molecule has 0 aromatic heterocycles. The second kappa shape index (κ2) is 3.59. The highest BCUT2D eigenvalue weighted by molar-refractivity contribution is 6.21. The first-order chi connectivity index (χ1) is 4.68. The van der Waals surface area contributed by atoms with E-state index in [-0.39, 0.29) is 0 Å². The summed E-state index contributed by atoms with van der Waals surface area (Å²) in [5, 5.41) is 3.91. The zero-order valence-corrected chi connectivity index (χ0v) is 7.49. The molecule has 1 saturated carbocycles. The van der Waals surface area contributed by atoms with Crippen LogP contribution in [0.1, 0.15) is 26.7 Å². The van der Waals surface area contributed by atoms with Gasteiger partial charge in [-0.3, -0.25) is 0 Å². The highest BCUT2D eigenvalue weighted by Gasteiger charge is 2.26. The minimum Gasteiger partial charge on any atom is -0.314 e. The van der Waals surface area contributed by atoms with Crippen molar-refractivity contribution in [3.05, 3.63) is 0 Å². The molecule has 1 aliphatic rings. The lowest BCUT2D eigenvalue weighted by atomic mass is 9.92. The molecule has 1 fully saturated rings. The van der Waals surface area contributed by atoms with Crippen LogP contribution in [-0.2, 0) is 0 Å². The monoisotopic (exact) mass is 161 g/mol. The fourth-order valence-electron chi connectivity index (χ4n) is 1.12. The highest BCUT2D eigenvalue weighted by Crippen LogP contribution is 2.25. The summed E-state index contributed by atoms with van der Waals surface area (Å²) < 4.78 is 0. The molecule has 0 bridgehead atoms. The second-order valence-corrected chi connectivity index (χ2v) is 4.18. The van der Waals surface area contributed by atoms with Crippen molar-refractivity contribution in [2.24, 2.45) is 5.92 Å². The largest absolute Gasteiger partial charge is 0.314 e. The molecule has 0 aliphatic heterocycles. The maximum Gasteiger partial charge on any atom is 0.0365 e. The molecule has 60 valence electrons. The summed E-state index contributed by atoms with van der Waals surface area (Å²) in [5.41, 5.74) is 0. The van der Waals surface area contributed by atoms with E-state index in [9.17, 15) is 0 Å². The van der Waals surface area contributed by atoms with Crippen LogP contribution in [0.15, 0.2) is 0 Å². The molecule has 10 heavy (non-hydrogen) atoms. The van der Waals surface area contributed by atoms with Crippen LogP contribution in [-0.4, -0.2) is 18.0 Å². The smallest absolute Gasteiger partial charge is 0.0365 e. The fourth-order valence-corrected chi connectivity index (χ4v) is 1.55. The summed E-state index contributed by atoms with van der Waals surface area (Å²) in [6.07, 6.45) is 2.32. The average Bonchev–Trinajstić information content (AvgIpc) is 1.77. The van der Waals surface area contributed by atoms with Crippen molar-refractivity contribution in [1.82, 2.24) is 5.32 Å². The predicted molar refractivity (Wildman–Crippen MR) is 45.5 cm³/mol. The third-order valence-corrected chi connectivity index (χ3v) is 2.25. The lowest BCUT2D eigenvalue weighted by molar-refractivity contribution is 0.332. The molecule has 1 aliphatic carbocycles. The van der Waals surface area contributed by atoms with Gasteiger partial charge in [0, 0.05) is 11.4 Å². The maximum atomic E-state index is 5.82. The van der Waals surface area contributed by atoms with E-state index in [1.54, 1.807) is 0 Å². The van der Waals surface area contributed by atoms with Crippen LogP contribution < -0.4 is 5.32 Å². The van der Waals surface area contributed by atoms with Crippen molar-refractivity contribution in [3.63, 3.8) is 0 Å². The molecule has 0 spiro atoms. The molecule has 2 heteroatoms. The summed E-state index contributed by atoms with van der Waals surface area (Å²) in [6.45, 7) is 5.59. The van der Waals surface area contributed by atoms with Crippen molar-refractivity contribution in [1.29, 1.82) is 0 Å². The molecule has 1 rings (SSSR count). The molecule has 0 aromatic carbocycles. The first-order valence-electron chi connectivity index (χ1n) is 4.06. The van der Waals surface area contributed by atoms with E-state index in [0.29, 0.717) is 11.4 Å². The number of rotatable bonds is 3. The number of hydrogen-bond acceptors (Lipinski definition) is 1. The van der Waals surface area contributed by atoms with Crippen molar-refractivity contribution in [2.45, 2.75) is 38.1 Å². The minimum absolute atomic E-state index is 0.449. The molecule has 0 saturated heterocycles. The van der Waals surface area contributed by atoms with Crippen molar-refractivity contribution in [3.8, 4) is 0 Å². The lowest BCUT2D eigenvalue weighted by Gasteiger charge is -2.32. The van der Waals surface area contributed by atoms with Gasteiger partial charge >= 0.3 is 0 Å². The Morgan fingerprint density at radius 2 is 2.10 bits per heavy atom. The van der Waals surface area contributed by atoms with Crippen molar-refractivity contribution in [2.75, 3.05) is 6.54 Å². The van der Waals surface area contributed by atoms with Crippen LogP contribution in [0, 0.1) is 5.92 Å². The maximum absolute atomic E-state index is 5.82. The van der Waals surface area contributed by atoms with Crippen LogP contribution in [0.5, 0.6) is 0 Å². The average molecular weight is 162 g/mol. The Morgan fingerprint density at radius 3 is 2.50 bits per heavy atom. The van der Waals surface area contributed by atoms with Gasteiger partial charge in [0.2, 0.25) is 0 Å². The number of hydrogen-bond donors (Lipinski definition) is 1. The van der Waals surface area contributed by atoms with Gasteiger partial charge in [-0.05, 0) is 25.3 Å². The zero-order valence-electron chi connectivity index (χ0n) is 6.73. The van der Waals surface area contributed by atoms with E-state index in [4.69, 9.17) is 11.6 Å². The van der Waals surface area contributed by atoms with E-state index in [1.165, 1.54) is 0 Å². The molecule has 0 radical (unpaired) electrons. The molecular weight excluding hydrogens is 146 g/mol. The molecule has 0 amide bonds. The van der Waals surface area contributed by atoms with Gasteiger partial charge in [-0.1, -0.05) is 13.8 Å². The van der Waals surface area contributed by atoms with E-state index >= 15 is 0 Å². The second-order valence-electron chi connectivity index (χ2n) is 3.57. The summed E-state index contributed by atoms with van der Waals surface area (Å²) in [4.78, 5) is 0. The zero-order chi connectivity index (χ0) is 7.56. The van der Waals surface area contributed by atoms with Gasteiger partial charge < -0.3 is 5.32 Å². The molecule has 1 nitrogen and oxygen atoms in total. The number of nitrogens with one attached hydrogen (secondary N) is 1. The van der Waals surface area contributed by atoms with E-state index in [2.05, 4.69) is 19.2 Å². The minimum atomic E-state index is 0.449. The number of halogens is 1. The van der Waals surface area contributed by atoms with Gasteiger partial charge in [0.25, 0.3) is 0 Å². The van der Waals surface area contributed by atoms with Gasteiger partial charge in [-0.25, -0.2) is 0 Å². The Hall–Kier alpha value is 0.250. The van der Waals surface area contributed by atoms with Crippen molar-refractivity contribution >= 4 is 11.6 Å². The van der Waals surface area contributed by atoms with Gasteiger partial charge in [0.05, 0.1) is 0 Å². The van der Waals surface area contributed by atoms with Crippen LogP contribution in [0.2, 0.25) is 0 Å². The molecule has 0 aromatic rings. The Kier molecular flexibility index (Phi) is 2.99. The summed E-state index contributed by atoms with van der Waals surface area (Å²) in [5.74, 6) is 0.759. The van der Waals surface area contributed by atoms with Crippen LogP contribution >= 0.6 is 11.6 Å². The summed E-state index contributed by atoms with van der Waals surface area (Å²) in [6, 6.07) is 0.713. The topological polar surface area (TPSA) is 12.0 Å². The molecular formula is C8H16ClN. The third-order valence-electron chi connectivity index (χ3n) is 1.90. The molecule has 0 atom stereocenters. The van der Waals surface area contributed by atoms with E-state index in [1.807, 2.05) is 0 Å². The van der Waals surface area contributed by atoms with Crippen LogP contribution in [0.25, 0.3) is 0 Å². The first-order valence-corrected chi connectivity index (χ1v) is 4.49. The van der Waals surface area contributed by atoms with Gasteiger partial charge in [0.1, 0.15) is 0 Å². The SMILES string of the molecule is CC(C)CNC1CC(Cl)C1. The Bertz CT molecular complexity index is 97.4. The van der Waals surface area contributed by atoms with Crippen molar-refractivity contribution < 1.29 is 0 Å². The lowest BCUT2D eigenvalue weighted by Crippen LogP contribution is -2.43. The first kappa shape index (κ1) is 8.35. The molecule has 0 unspecified atom stereocenters. The van der Waals surface area contributed by atoms with Gasteiger partial charge in [-0.15, -0.1) is 11.6 Å². The standard InChI is InChI=1S/C8H16ClN/c1-6(2)5-10-8-3-7(9)4-8/h6-8,10H,3-5H2,1-2H3. The predicted octanol–water partition coefficient (Wildman–Crippen LogP) is 2.00. The Morgan fingerprint density at radius 1 is 1.50 bits per heavy atom. The van der Waals surface area contributed by atoms with E-state index < -0.39 is 0 Å². The van der Waals surface area contributed by atoms with Crippen LogP contribution in [0.3, 0.4) is 0 Å². The van der Waals surface area contributed by atoms with Gasteiger partial charge in [0.15, 0.2) is 0 Å². The Labute approximate surface area is 68.1 Å². The highest BCUT2D eigenvalue weighted by atomic mass is 35.5. The third kappa shape index (κ3) is 2.47. The molecule has 1 N–H and O–H groups in total. The van der Waals surface area contributed by atoms with Gasteiger partial charge in [-0.2, -0.15) is 0 Å². The Balaban J connectivity index is 1.95.